The first-order chi connectivity index (χ1) is 17.9. The Kier molecular flexibility index (Phi) is 8.94. The fraction of sp³-hybridized carbons (Fsp3) is 0.480. The third-order valence-electron chi connectivity index (χ3n) is 5.35. The van der Waals surface area contributed by atoms with E-state index in [1.54, 1.807) is 19.1 Å². The number of hydrogen-bond acceptors (Lipinski definition) is 13. The number of carbonyl (C=O) groups excluding carboxylic acids is 4. The molecule has 0 spiro atoms. The van der Waals surface area contributed by atoms with E-state index in [0.29, 0.717) is 16.9 Å². The van der Waals surface area contributed by atoms with Crippen molar-refractivity contribution in [1.82, 2.24) is 0 Å². The zero-order valence-corrected chi connectivity index (χ0v) is 21.6. The Morgan fingerprint density at radius 3 is 2.03 bits per heavy atom. The molecule has 13 nitrogen and oxygen atoms in total. The summed E-state index contributed by atoms with van der Waals surface area (Å²) in [4.78, 5) is 60.2. The number of benzene rings is 1. The van der Waals surface area contributed by atoms with Gasteiger partial charge >= 0.3 is 29.5 Å². The van der Waals surface area contributed by atoms with E-state index in [4.69, 9.17) is 37.6 Å². The van der Waals surface area contributed by atoms with Crippen molar-refractivity contribution in [3.63, 3.8) is 0 Å². The second-order valence-electron chi connectivity index (χ2n) is 8.42. The van der Waals surface area contributed by atoms with Crippen LogP contribution in [-0.2, 0) is 42.9 Å². The molecule has 1 aromatic heterocycles. The molecule has 0 bridgehead atoms. The largest absolute Gasteiger partial charge is 0.497 e. The number of methoxy groups -OCH3 is 1. The van der Waals surface area contributed by atoms with E-state index < -0.39 is 66.8 Å². The standard InChI is InChI=1S/C25H28O13/c1-11-7-16-8-17(31-6)9-18(20(16)24(30)33-11)37-25-23(36-15(5)29)22(35-14(4)28)21(34-13(3)27)19(38-25)10-32-12(2)26/h7-9,19,21-23,25H,10H2,1-6H3/t19-,21-,22+,23-,25-/m1/s1. The van der Waals surface area contributed by atoms with Crippen LogP contribution in [0.5, 0.6) is 11.5 Å². The SMILES string of the molecule is COc1cc(O[C@@H]2O[C@H](COC(C)=O)[C@@H](OC(C)=O)[C@H](OC(C)=O)[C@H]2OC(C)=O)c2c(=O)oc(C)cc2c1. The van der Waals surface area contributed by atoms with Gasteiger partial charge in [-0.3, -0.25) is 19.2 Å². The van der Waals surface area contributed by atoms with Crippen molar-refractivity contribution in [3.05, 3.63) is 34.4 Å². The van der Waals surface area contributed by atoms with E-state index in [0.717, 1.165) is 27.7 Å². The predicted octanol–water partition coefficient (Wildman–Crippen LogP) is 1.57. The molecule has 3 rings (SSSR count). The maximum Gasteiger partial charge on any atom is 0.347 e. The van der Waals surface area contributed by atoms with E-state index in [1.807, 2.05) is 0 Å². The normalized spacial score (nSPS) is 22.7. The molecule has 2 aromatic rings. The van der Waals surface area contributed by atoms with E-state index in [9.17, 15) is 24.0 Å². The van der Waals surface area contributed by atoms with Gasteiger partial charge in [-0.2, -0.15) is 0 Å². The number of esters is 4. The molecule has 0 aliphatic carbocycles. The molecular weight excluding hydrogens is 508 g/mol. The Morgan fingerprint density at radius 2 is 1.45 bits per heavy atom. The summed E-state index contributed by atoms with van der Waals surface area (Å²) in [7, 11) is 1.41. The Labute approximate surface area is 216 Å². The summed E-state index contributed by atoms with van der Waals surface area (Å²) in [6.45, 7) is 5.64. The molecular formula is C25H28O13. The quantitative estimate of drug-likeness (QED) is 0.353. The van der Waals surface area contributed by atoms with Crippen LogP contribution in [0.1, 0.15) is 33.5 Å². The third-order valence-corrected chi connectivity index (χ3v) is 5.35. The minimum atomic E-state index is -1.54. The maximum absolute atomic E-state index is 12.7. The van der Waals surface area contributed by atoms with Crippen LogP contribution in [0.4, 0.5) is 0 Å². The van der Waals surface area contributed by atoms with Crippen LogP contribution in [0.3, 0.4) is 0 Å². The van der Waals surface area contributed by atoms with Crippen molar-refractivity contribution < 1.29 is 56.8 Å². The Hall–Kier alpha value is -4.13. The molecule has 0 N–H and O–H groups in total. The van der Waals surface area contributed by atoms with E-state index >= 15 is 0 Å². The number of hydrogen-bond donors (Lipinski definition) is 0. The van der Waals surface area contributed by atoms with Gasteiger partial charge < -0.3 is 37.6 Å². The van der Waals surface area contributed by atoms with E-state index in [1.165, 1.54) is 13.2 Å². The van der Waals surface area contributed by atoms with Crippen LogP contribution in [0.15, 0.2) is 27.4 Å². The highest BCUT2D eigenvalue weighted by atomic mass is 16.7. The van der Waals surface area contributed by atoms with Crippen LogP contribution in [0.2, 0.25) is 0 Å². The average Bonchev–Trinajstić information content (AvgIpc) is 2.80. The lowest BCUT2D eigenvalue weighted by Gasteiger charge is -2.43. The van der Waals surface area contributed by atoms with Gasteiger partial charge in [-0.05, 0) is 24.4 Å². The number of rotatable bonds is 8. The smallest absolute Gasteiger partial charge is 0.347 e. The Balaban J connectivity index is 2.14. The number of fused-ring (bicyclic) bond motifs is 1. The van der Waals surface area contributed by atoms with Crippen molar-refractivity contribution >= 4 is 34.6 Å². The van der Waals surface area contributed by atoms with Crippen molar-refractivity contribution in [2.45, 2.75) is 65.3 Å². The summed E-state index contributed by atoms with van der Waals surface area (Å²) in [5.41, 5.74) is -0.719. The average molecular weight is 536 g/mol. The third kappa shape index (κ3) is 6.79. The molecule has 0 amide bonds. The molecule has 1 aromatic carbocycles. The highest BCUT2D eigenvalue weighted by Crippen LogP contribution is 2.35. The van der Waals surface area contributed by atoms with Gasteiger partial charge in [-0.25, -0.2) is 4.79 Å². The second kappa shape index (κ2) is 11.9. The fourth-order valence-corrected chi connectivity index (χ4v) is 4.01. The molecule has 206 valence electrons. The number of ether oxygens (including phenoxy) is 7. The van der Waals surface area contributed by atoms with Gasteiger partial charge in [0, 0.05) is 33.8 Å². The van der Waals surface area contributed by atoms with Gasteiger partial charge in [-0.15, -0.1) is 0 Å². The summed E-state index contributed by atoms with van der Waals surface area (Å²) < 4.78 is 43.7. The first-order valence-electron chi connectivity index (χ1n) is 11.5. The Morgan fingerprint density at radius 1 is 0.842 bits per heavy atom. The van der Waals surface area contributed by atoms with Gasteiger partial charge in [0.1, 0.15) is 35.4 Å². The predicted molar refractivity (Wildman–Crippen MR) is 126 cm³/mol. The molecule has 0 saturated carbocycles. The van der Waals surface area contributed by atoms with E-state index in [-0.39, 0.29) is 11.1 Å². The van der Waals surface area contributed by atoms with Crippen LogP contribution < -0.4 is 15.1 Å². The van der Waals surface area contributed by atoms with Crippen LogP contribution in [0.25, 0.3) is 10.8 Å². The van der Waals surface area contributed by atoms with Gasteiger partial charge in [0.15, 0.2) is 12.2 Å². The Bertz CT molecular complexity index is 1280. The molecule has 38 heavy (non-hydrogen) atoms. The number of aryl methyl sites for hydroxylation is 1. The lowest BCUT2D eigenvalue weighted by molar-refractivity contribution is -0.288. The molecule has 2 heterocycles. The summed E-state index contributed by atoms with van der Waals surface area (Å²) >= 11 is 0. The highest BCUT2D eigenvalue weighted by Gasteiger charge is 2.53. The molecule has 0 radical (unpaired) electrons. The molecule has 0 unspecified atom stereocenters. The van der Waals surface area contributed by atoms with Crippen molar-refractivity contribution in [2.24, 2.45) is 0 Å². The summed E-state index contributed by atoms with van der Waals surface area (Å²) in [6, 6.07) is 4.58. The van der Waals surface area contributed by atoms with Gasteiger partial charge in [0.05, 0.1) is 7.11 Å². The fourth-order valence-electron chi connectivity index (χ4n) is 4.01. The highest BCUT2D eigenvalue weighted by molar-refractivity contribution is 5.89. The van der Waals surface area contributed by atoms with Crippen LogP contribution in [0, 0.1) is 6.92 Å². The van der Waals surface area contributed by atoms with Crippen molar-refractivity contribution in [1.29, 1.82) is 0 Å². The zero-order chi connectivity index (χ0) is 28.1. The number of carbonyl (C=O) groups is 4. The van der Waals surface area contributed by atoms with Gasteiger partial charge in [0.25, 0.3) is 0 Å². The zero-order valence-electron chi connectivity index (χ0n) is 21.6. The molecule has 1 aliphatic rings. The molecule has 1 aliphatic heterocycles. The lowest BCUT2D eigenvalue weighted by atomic mass is 9.98. The molecule has 13 heteroatoms. The molecule has 1 fully saturated rings. The first-order valence-corrected chi connectivity index (χ1v) is 11.5. The van der Waals surface area contributed by atoms with Crippen LogP contribution >= 0.6 is 0 Å². The minimum absolute atomic E-state index is 0.0317. The first kappa shape index (κ1) is 28.4. The monoisotopic (exact) mass is 536 g/mol. The van der Waals surface area contributed by atoms with Crippen molar-refractivity contribution in [3.8, 4) is 11.5 Å². The summed E-state index contributed by atoms with van der Waals surface area (Å²) in [5, 5.41) is 0.461. The molecule has 1 saturated heterocycles. The van der Waals surface area contributed by atoms with Gasteiger partial charge in [-0.1, -0.05) is 0 Å². The molecule has 5 atom stereocenters. The van der Waals surface area contributed by atoms with Crippen molar-refractivity contribution in [2.75, 3.05) is 13.7 Å². The van der Waals surface area contributed by atoms with Gasteiger partial charge in [0.2, 0.25) is 12.4 Å². The summed E-state index contributed by atoms with van der Waals surface area (Å²) in [5.74, 6) is -2.41. The lowest BCUT2D eigenvalue weighted by Crippen LogP contribution is -2.63. The second-order valence-corrected chi connectivity index (χ2v) is 8.42. The minimum Gasteiger partial charge on any atom is -0.497 e. The topological polar surface area (TPSA) is 163 Å². The maximum atomic E-state index is 12.7. The summed E-state index contributed by atoms with van der Waals surface area (Å²) in [6.07, 6.45) is -7.02. The van der Waals surface area contributed by atoms with Crippen LogP contribution in [-0.4, -0.2) is 68.3 Å². The van der Waals surface area contributed by atoms with E-state index in [2.05, 4.69) is 0 Å².